The van der Waals surface area contributed by atoms with Crippen LogP contribution in [0.1, 0.15) is 12.0 Å². The van der Waals surface area contributed by atoms with Crippen molar-refractivity contribution < 1.29 is 9.90 Å². The summed E-state index contributed by atoms with van der Waals surface area (Å²) in [6, 6.07) is 3.54. The Balaban J connectivity index is 2.06. The maximum Gasteiger partial charge on any atom is 0.243 e. The van der Waals surface area contributed by atoms with E-state index in [-0.39, 0.29) is 11.9 Å². The zero-order valence-corrected chi connectivity index (χ0v) is 8.76. The van der Waals surface area contributed by atoms with Gasteiger partial charge in [0.2, 0.25) is 5.91 Å². The minimum atomic E-state index is -0.441. The molecule has 1 aromatic rings. The van der Waals surface area contributed by atoms with Gasteiger partial charge in [-0.3, -0.25) is 4.79 Å². The molecule has 2 aliphatic heterocycles. The van der Waals surface area contributed by atoms with Crippen molar-refractivity contribution in [1.29, 1.82) is 0 Å². The smallest absolute Gasteiger partial charge is 0.243 e. The minimum Gasteiger partial charge on any atom is -0.391 e. The molecule has 0 aromatic carbocycles. The summed E-state index contributed by atoms with van der Waals surface area (Å²) in [7, 11) is 0. The Labute approximate surface area is 93.1 Å². The number of fused-ring (bicyclic) bond motifs is 3. The number of aliphatic hydroxyl groups excluding tert-OH is 1. The zero-order valence-electron chi connectivity index (χ0n) is 8.76. The van der Waals surface area contributed by atoms with Crippen molar-refractivity contribution in [2.45, 2.75) is 25.1 Å². The van der Waals surface area contributed by atoms with Gasteiger partial charge in [-0.15, -0.1) is 0 Å². The van der Waals surface area contributed by atoms with Gasteiger partial charge in [0.1, 0.15) is 11.9 Å². The number of rotatable bonds is 0. The van der Waals surface area contributed by atoms with E-state index in [2.05, 4.69) is 10.3 Å². The number of hydrogen-bond donors (Lipinski definition) is 2. The highest BCUT2D eigenvalue weighted by Gasteiger charge is 2.39. The van der Waals surface area contributed by atoms with Crippen LogP contribution in [-0.4, -0.2) is 34.7 Å². The van der Waals surface area contributed by atoms with Gasteiger partial charge in [0.15, 0.2) is 0 Å². The molecule has 0 aliphatic carbocycles. The summed E-state index contributed by atoms with van der Waals surface area (Å²) >= 11 is 0. The van der Waals surface area contributed by atoms with Gasteiger partial charge >= 0.3 is 0 Å². The molecule has 0 bridgehead atoms. The van der Waals surface area contributed by atoms with E-state index < -0.39 is 6.10 Å². The number of amides is 1. The van der Waals surface area contributed by atoms with Gasteiger partial charge in [-0.1, -0.05) is 6.07 Å². The van der Waals surface area contributed by atoms with Crippen LogP contribution >= 0.6 is 0 Å². The highest BCUT2D eigenvalue weighted by atomic mass is 16.3. The Kier molecular flexibility index (Phi) is 2.07. The second-order valence-corrected chi connectivity index (χ2v) is 4.26. The predicted octanol–water partition coefficient (Wildman–Crippen LogP) is -0.349. The van der Waals surface area contributed by atoms with Crippen molar-refractivity contribution in [3.63, 3.8) is 0 Å². The fourth-order valence-electron chi connectivity index (χ4n) is 2.42. The van der Waals surface area contributed by atoms with Crippen LogP contribution in [0.2, 0.25) is 0 Å². The molecule has 2 N–H and O–H groups in total. The maximum absolute atomic E-state index is 11.8. The van der Waals surface area contributed by atoms with Gasteiger partial charge < -0.3 is 15.3 Å². The molecular weight excluding hydrogens is 206 g/mol. The molecule has 0 saturated carbocycles. The summed E-state index contributed by atoms with van der Waals surface area (Å²) in [5.41, 5.74) is 1.01. The molecule has 1 aromatic heterocycles. The third-order valence-corrected chi connectivity index (χ3v) is 3.17. The van der Waals surface area contributed by atoms with Crippen LogP contribution in [0.4, 0.5) is 5.82 Å². The number of pyridine rings is 1. The highest BCUT2D eigenvalue weighted by Crippen LogP contribution is 2.29. The molecule has 5 nitrogen and oxygen atoms in total. The Hall–Kier alpha value is -1.62. The van der Waals surface area contributed by atoms with Crippen LogP contribution in [-0.2, 0) is 11.3 Å². The molecule has 2 unspecified atom stereocenters. The molecule has 3 heterocycles. The van der Waals surface area contributed by atoms with Gasteiger partial charge in [-0.2, -0.15) is 0 Å². The predicted molar refractivity (Wildman–Crippen MR) is 57.8 cm³/mol. The molecule has 1 amide bonds. The largest absolute Gasteiger partial charge is 0.391 e. The number of anilines is 1. The van der Waals surface area contributed by atoms with Crippen molar-refractivity contribution in [2.75, 3.05) is 11.4 Å². The first-order chi connectivity index (χ1) is 7.75. The summed E-state index contributed by atoms with van der Waals surface area (Å²) in [5.74, 6) is 0.803. The molecule has 0 spiro atoms. The number of nitrogens with zero attached hydrogens (tertiary/aromatic N) is 2. The summed E-state index contributed by atoms with van der Waals surface area (Å²) in [4.78, 5) is 18.0. The highest BCUT2D eigenvalue weighted by molar-refractivity contribution is 5.87. The van der Waals surface area contributed by atoms with E-state index in [1.165, 1.54) is 0 Å². The summed E-state index contributed by atoms with van der Waals surface area (Å²) in [5, 5.41) is 12.5. The van der Waals surface area contributed by atoms with E-state index in [4.69, 9.17) is 0 Å². The van der Waals surface area contributed by atoms with E-state index in [0.717, 1.165) is 11.4 Å². The van der Waals surface area contributed by atoms with Crippen LogP contribution < -0.4 is 10.2 Å². The molecule has 0 radical (unpaired) electrons. The summed E-state index contributed by atoms with van der Waals surface area (Å²) < 4.78 is 0. The molecule has 1 fully saturated rings. The van der Waals surface area contributed by atoms with Crippen molar-refractivity contribution >= 4 is 11.7 Å². The third kappa shape index (κ3) is 1.36. The van der Waals surface area contributed by atoms with Crippen molar-refractivity contribution in [3.05, 3.63) is 23.9 Å². The van der Waals surface area contributed by atoms with Gasteiger partial charge in [0, 0.05) is 31.3 Å². The number of carbonyl (C=O) groups excluding carboxylic acids is 1. The first-order valence-electron chi connectivity index (χ1n) is 5.42. The molecule has 5 heteroatoms. The molecule has 2 aliphatic rings. The monoisotopic (exact) mass is 219 g/mol. The molecule has 3 rings (SSSR count). The Morgan fingerprint density at radius 2 is 2.44 bits per heavy atom. The second kappa shape index (κ2) is 3.45. The first kappa shape index (κ1) is 9.59. The van der Waals surface area contributed by atoms with Gasteiger partial charge in [-0.25, -0.2) is 4.98 Å². The van der Waals surface area contributed by atoms with Gasteiger partial charge in [-0.05, 0) is 6.07 Å². The molecule has 2 atom stereocenters. The van der Waals surface area contributed by atoms with E-state index in [0.29, 0.717) is 19.5 Å². The normalized spacial score (nSPS) is 28.1. The number of hydrogen-bond acceptors (Lipinski definition) is 4. The third-order valence-electron chi connectivity index (χ3n) is 3.17. The lowest BCUT2D eigenvalue weighted by Gasteiger charge is -2.22. The van der Waals surface area contributed by atoms with Crippen molar-refractivity contribution in [2.24, 2.45) is 0 Å². The van der Waals surface area contributed by atoms with Crippen LogP contribution in [0.25, 0.3) is 0 Å². The quantitative estimate of drug-likeness (QED) is 0.626. The average molecular weight is 219 g/mol. The van der Waals surface area contributed by atoms with Crippen molar-refractivity contribution in [3.8, 4) is 0 Å². The lowest BCUT2D eigenvalue weighted by Crippen LogP contribution is -2.40. The molecular formula is C11H13N3O2. The topological polar surface area (TPSA) is 65.5 Å². The average Bonchev–Trinajstić information content (AvgIpc) is 2.63. The SMILES string of the molecule is O=C1NCc2cccnc2N2CC(O)CC12. The van der Waals surface area contributed by atoms with Crippen LogP contribution in [0.5, 0.6) is 0 Å². The van der Waals surface area contributed by atoms with Crippen LogP contribution in [0, 0.1) is 0 Å². The fraction of sp³-hybridized carbons (Fsp3) is 0.455. The number of nitrogens with one attached hydrogen (secondary N) is 1. The summed E-state index contributed by atoms with van der Waals surface area (Å²) in [6.45, 7) is 1.01. The number of aromatic nitrogens is 1. The minimum absolute atomic E-state index is 0.0189. The first-order valence-corrected chi connectivity index (χ1v) is 5.42. The Morgan fingerprint density at radius 1 is 1.56 bits per heavy atom. The second-order valence-electron chi connectivity index (χ2n) is 4.26. The lowest BCUT2D eigenvalue weighted by molar-refractivity contribution is -0.122. The molecule has 16 heavy (non-hydrogen) atoms. The number of carbonyl (C=O) groups is 1. The fourth-order valence-corrected chi connectivity index (χ4v) is 2.42. The maximum atomic E-state index is 11.8. The van der Waals surface area contributed by atoms with Gasteiger partial charge in [0.25, 0.3) is 0 Å². The van der Waals surface area contributed by atoms with E-state index in [1.54, 1.807) is 6.20 Å². The van der Waals surface area contributed by atoms with Crippen LogP contribution in [0.3, 0.4) is 0 Å². The van der Waals surface area contributed by atoms with Crippen LogP contribution in [0.15, 0.2) is 18.3 Å². The molecule has 84 valence electrons. The van der Waals surface area contributed by atoms with Crippen molar-refractivity contribution in [1.82, 2.24) is 10.3 Å². The molecule has 1 saturated heterocycles. The van der Waals surface area contributed by atoms with E-state index in [9.17, 15) is 9.90 Å². The summed E-state index contributed by atoms with van der Waals surface area (Å²) in [6.07, 6.45) is 1.77. The zero-order chi connectivity index (χ0) is 11.1. The Morgan fingerprint density at radius 3 is 3.31 bits per heavy atom. The Bertz CT molecular complexity index is 435. The standard InChI is InChI=1S/C11H13N3O2/c15-8-4-9-11(16)13-5-7-2-1-3-12-10(7)14(9)6-8/h1-3,8-9,15H,4-6H2,(H,13,16). The van der Waals surface area contributed by atoms with E-state index in [1.807, 2.05) is 17.0 Å². The lowest BCUT2D eigenvalue weighted by atomic mass is 10.2. The number of aliphatic hydroxyl groups is 1. The van der Waals surface area contributed by atoms with E-state index >= 15 is 0 Å². The van der Waals surface area contributed by atoms with Gasteiger partial charge in [0.05, 0.1) is 6.10 Å².